The molecule has 1 heterocycles. The summed E-state index contributed by atoms with van der Waals surface area (Å²) in [7, 11) is 1.66. The second-order valence-corrected chi connectivity index (χ2v) is 7.46. The molecule has 0 radical (unpaired) electrons. The number of likely N-dealkylation sites (N-methyl/N-ethyl adjacent to an activating group) is 1. The van der Waals surface area contributed by atoms with E-state index in [0.717, 1.165) is 23.7 Å². The Hall–Kier alpha value is -0.890. The van der Waals surface area contributed by atoms with Gasteiger partial charge in [0.05, 0.1) is 12.5 Å². The Balaban J connectivity index is 0.00000156. The standard InChI is InChI=1S/C16H21BrN4O2.2ClH/c1-21(8-13(22)20-12-5-4-11(17)7-19-12)16(23)14-9-2-3-10(6-9)15(14)18;;/h4-5,7,9-10,14-15H,2-3,6,8,18H2,1H3,(H,19,20,22);2*1H. The van der Waals surface area contributed by atoms with Gasteiger partial charge in [0.1, 0.15) is 5.82 Å². The van der Waals surface area contributed by atoms with Gasteiger partial charge in [-0.25, -0.2) is 4.98 Å². The Labute approximate surface area is 168 Å². The molecule has 0 spiro atoms. The van der Waals surface area contributed by atoms with Gasteiger partial charge in [0.25, 0.3) is 0 Å². The van der Waals surface area contributed by atoms with E-state index in [4.69, 9.17) is 5.73 Å². The number of fused-ring (bicyclic) bond motifs is 2. The number of amides is 2. The zero-order valence-electron chi connectivity index (χ0n) is 13.9. The highest BCUT2D eigenvalue weighted by atomic mass is 79.9. The molecule has 2 saturated carbocycles. The van der Waals surface area contributed by atoms with Crippen LogP contribution in [-0.2, 0) is 9.59 Å². The zero-order chi connectivity index (χ0) is 16.6. The van der Waals surface area contributed by atoms with Gasteiger partial charge in [0, 0.05) is 23.8 Å². The van der Waals surface area contributed by atoms with Crippen molar-refractivity contribution in [3.05, 3.63) is 22.8 Å². The summed E-state index contributed by atoms with van der Waals surface area (Å²) in [5.74, 6) is 0.938. The van der Waals surface area contributed by atoms with Crippen LogP contribution in [0, 0.1) is 17.8 Å². The van der Waals surface area contributed by atoms with Crippen molar-refractivity contribution < 1.29 is 9.59 Å². The van der Waals surface area contributed by atoms with E-state index in [1.807, 2.05) is 0 Å². The van der Waals surface area contributed by atoms with E-state index < -0.39 is 0 Å². The third-order valence-electron chi connectivity index (χ3n) is 5.02. The second kappa shape index (κ2) is 9.16. The van der Waals surface area contributed by atoms with Crippen LogP contribution in [-0.4, -0.2) is 41.3 Å². The third kappa shape index (κ3) is 4.84. The largest absolute Gasteiger partial charge is 0.336 e. The lowest BCUT2D eigenvalue weighted by molar-refractivity contribution is -0.138. The van der Waals surface area contributed by atoms with Gasteiger partial charge in [-0.3, -0.25) is 9.59 Å². The van der Waals surface area contributed by atoms with E-state index in [1.54, 1.807) is 25.4 Å². The van der Waals surface area contributed by atoms with Crippen LogP contribution < -0.4 is 11.1 Å². The van der Waals surface area contributed by atoms with Crippen molar-refractivity contribution in [1.29, 1.82) is 0 Å². The van der Waals surface area contributed by atoms with Crippen molar-refractivity contribution in [3.63, 3.8) is 0 Å². The van der Waals surface area contributed by atoms with Gasteiger partial charge in [0.15, 0.2) is 0 Å². The number of aromatic nitrogens is 1. The smallest absolute Gasteiger partial charge is 0.245 e. The van der Waals surface area contributed by atoms with Crippen molar-refractivity contribution in [2.45, 2.75) is 25.3 Å². The molecule has 0 aliphatic heterocycles. The summed E-state index contributed by atoms with van der Waals surface area (Å²) in [5.41, 5.74) is 6.21. The van der Waals surface area contributed by atoms with Crippen LogP contribution in [0.4, 0.5) is 5.82 Å². The summed E-state index contributed by atoms with van der Waals surface area (Å²) in [6.07, 6.45) is 4.88. The molecule has 0 aromatic carbocycles. The number of anilines is 1. The molecule has 2 fully saturated rings. The van der Waals surface area contributed by atoms with Gasteiger partial charge in [0.2, 0.25) is 11.8 Å². The van der Waals surface area contributed by atoms with Gasteiger partial charge < -0.3 is 16.0 Å². The summed E-state index contributed by atoms with van der Waals surface area (Å²) in [6.45, 7) is 0.0111. The number of rotatable bonds is 4. The minimum Gasteiger partial charge on any atom is -0.336 e. The van der Waals surface area contributed by atoms with E-state index >= 15 is 0 Å². The van der Waals surface area contributed by atoms with E-state index in [2.05, 4.69) is 26.2 Å². The Bertz CT molecular complexity index is 615. The maximum absolute atomic E-state index is 12.6. The number of carbonyl (C=O) groups is 2. The van der Waals surface area contributed by atoms with Crippen LogP contribution in [0.5, 0.6) is 0 Å². The van der Waals surface area contributed by atoms with Crippen molar-refractivity contribution in [1.82, 2.24) is 9.88 Å². The summed E-state index contributed by atoms with van der Waals surface area (Å²) < 4.78 is 0.841. The van der Waals surface area contributed by atoms with Gasteiger partial charge >= 0.3 is 0 Å². The first-order valence-corrected chi connectivity index (χ1v) is 8.67. The van der Waals surface area contributed by atoms with Gasteiger partial charge in [-0.15, -0.1) is 24.8 Å². The van der Waals surface area contributed by atoms with Crippen LogP contribution in [0.2, 0.25) is 0 Å². The number of hydrogen-bond acceptors (Lipinski definition) is 4. The molecule has 25 heavy (non-hydrogen) atoms. The van der Waals surface area contributed by atoms with E-state index in [-0.39, 0.29) is 55.1 Å². The highest BCUT2D eigenvalue weighted by molar-refractivity contribution is 9.10. The SMILES string of the molecule is CN(CC(=O)Nc1ccc(Br)cn1)C(=O)C1C2CCC(C2)C1N.Cl.Cl. The molecule has 9 heteroatoms. The summed E-state index contributed by atoms with van der Waals surface area (Å²) in [5, 5.41) is 2.69. The highest BCUT2D eigenvalue weighted by Crippen LogP contribution is 2.48. The molecule has 4 atom stereocenters. The van der Waals surface area contributed by atoms with Gasteiger partial charge in [-0.2, -0.15) is 0 Å². The lowest BCUT2D eigenvalue weighted by Gasteiger charge is -2.30. The first kappa shape index (κ1) is 22.2. The number of hydrogen-bond donors (Lipinski definition) is 2. The lowest BCUT2D eigenvalue weighted by atomic mass is 9.84. The number of carbonyl (C=O) groups excluding carboxylic acids is 2. The first-order chi connectivity index (χ1) is 11.0. The van der Waals surface area contributed by atoms with Crippen LogP contribution in [0.1, 0.15) is 19.3 Å². The number of nitrogens with two attached hydrogens (primary N) is 1. The first-order valence-electron chi connectivity index (χ1n) is 7.87. The average Bonchev–Trinajstić information content (AvgIpc) is 3.10. The predicted octanol–water partition coefficient (Wildman–Crippen LogP) is 2.46. The molecular weight excluding hydrogens is 431 g/mol. The van der Waals surface area contributed by atoms with Crippen molar-refractivity contribution in [3.8, 4) is 0 Å². The number of nitrogens with one attached hydrogen (secondary N) is 1. The molecule has 2 bridgehead atoms. The van der Waals surface area contributed by atoms with Crippen LogP contribution in [0.15, 0.2) is 22.8 Å². The van der Waals surface area contributed by atoms with Gasteiger partial charge in [-0.05, 0) is 59.2 Å². The lowest BCUT2D eigenvalue weighted by Crippen LogP contribution is -2.47. The third-order valence-corrected chi connectivity index (χ3v) is 5.49. The summed E-state index contributed by atoms with van der Waals surface area (Å²) in [4.78, 5) is 30.3. The monoisotopic (exact) mass is 452 g/mol. The predicted molar refractivity (Wildman–Crippen MR) is 105 cm³/mol. The number of halogens is 3. The minimum atomic E-state index is -0.257. The fraction of sp³-hybridized carbons (Fsp3) is 0.562. The fourth-order valence-corrected chi connectivity index (χ4v) is 4.12. The Morgan fingerprint density at radius 2 is 2.00 bits per heavy atom. The van der Waals surface area contributed by atoms with Crippen LogP contribution in [0.3, 0.4) is 0 Å². The van der Waals surface area contributed by atoms with E-state index in [0.29, 0.717) is 17.7 Å². The molecule has 2 aliphatic rings. The van der Waals surface area contributed by atoms with Crippen molar-refractivity contribution in [2.24, 2.45) is 23.5 Å². The molecule has 6 nitrogen and oxygen atoms in total. The Morgan fingerprint density at radius 1 is 1.32 bits per heavy atom. The van der Waals surface area contributed by atoms with E-state index in [9.17, 15) is 9.59 Å². The average molecular weight is 454 g/mol. The molecule has 1 aromatic rings. The molecule has 140 valence electrons. The molecule has 2 aliphatic carbocycles. The minimum absolute atomic E-state index is 0. The molecule has 1 aromatic heterocycles. The number of nitrogens with zero attached hydrogens (tertiary/aromatic N) is 2. The van der Waals surface area contributed by atoms with Crippen LogP contribution in [0.25, 0.3) is 0 Å². The van der Waals surface area contributed by atoms with E-state index in [1.165, 1.54) is 4.90 Å². The van der Waals surface area contributed by atoms with Crippen LogP contribution >= 0.6 is 40.7 Å². The molecule has 3 rings (SSSR count). The quantitative estimate of drug-likeness (QED) is 0.732. The molecular formula is C16H23BrCl2N4O2. The summed E-state index contributed by atoms with van der Waals surface area (Å²) in [6, 6.07) is 3.45. The maximum Gasteiger partial charge on any atom is 0.245 e. The molecule has 4 unspecified atom stereocenters. The Morgan fingerprint density at radius 3 is 2.56 bits per heavy atom. The fourth-order valence-electron chi connectivity index (χ4n) is 3.88. The molecule has 0 saturated heterocycles. The second-order valence-electron chi connectivity index (χ2n) is 6.54. The van der Waals surface area contributed by atoms with Crippen molar-refractivity contribution in [2.75, 3.05) is 18.9 Å². The molecule has 2 amide bonds. The number of pyridine rings is 1. The van der Waals surface area contributed by atoms with Gasteiger partial charge in [-0.1, -0.05) is 0 Å². The highest BCUT2D eigenvalue weighted by Gasteiger charge is 2.49. The van der Waals surface area contributed by atoms with Crippen molar-refractivity contribution >= 4 is 58.4 Å². The maximum atomic E-state index is 12.6. The molecule has 3 N–H and O–H groups in total. The topological polar surface area (TPSA) is 88.3 Å². The zero-order valence-corrected chi connectivity index (χ0v) is 17.1. The summed E-state index contributed by atoms with van der Waals surface area (Å²) >= 11 is 3.29. The normalized spacial score (nSPS) is 26.4. The Kier molecular flexibility index (Phi) is 8.12.